The minimum Gasteiger partial charge on any atom is -0.493 e. The molecule has 0 spiro atoms. The first-order valence-electron chi connectivity index (χ1n) is 11.0. The number of hydrogen-bond donors (Lipinski definition) is 1. The fraction of sp³-hybridized carbons (Fsp3) is 0.565. The fourth-order valence-corrected chi connectivity index (χ4v) is 4.25. The molecular formula is C23H34N4O5. The molecule has 0 unspecified atom stereocenters. The molecule has 1 aromatic carbocycles. The van der Waals surface area contributed by atoms with E-state index in [9.17, 15) is 9.59 Å². The van der Waals surface area contributed by atoms with Crippen molar-refractivity contribution in [3.05, 3.63) is 35.0 Å². The molecule has 1 N–H and O–H groups in total. The second kappa shape index (κ2) is 10.7. The van der Waals surface area contributed by atoms with Crippen LogP contribution in [0.25, 0.3) is 0 Å². The predicted molar refractivity (Wildman–Crippen MR) is 121 cm³/mol. The lowest BCUT2D eigenvalue weighted by molar-refractivity contribution is -0.139. The second-order valence-corrected chi connectivity index (χ2v) is 7.87. The summed E-state index contributed by atoms with van der Waals surface area (Å²) in [5, 5.41) is 2.99. The second-order valence-electron chi connectivity index (χ2n) is 7.87. The van der Waals surface area contributed by atoms with Crippen molar-refractivity contribution in [1.29, 1.82) is 0 Å². The number of likely N-dealkylation sites (N-methyl/N-ethyl adjacent to an activating group) is 2. The van der Waals surface area contributed by atoms with E-state index in [4.69, 9.17) is 14.2 Å². The molecule has 9 heteroatoms. The summed E-state index contributed by atoms with van der Waals surface area (Å²) in [7, 11) is 5.20. The van der Waals surface area contributed by atoms with Gasteiger partial charge in [-0.2, -0.15) is 0 Å². The number of nitrogens with zero attached hydrogens (tertiary/aromatic N) is 3. The van der Waals surface area contributed by atoms with Gasteiger partial charge < -0.3 is 24.4 Å². The summed E-state index contributed by atoms with van der Waals surface area (Å²) >= 11 is 0. The number of methoxy groups -OCH3 is 2. The van der Waals surface area contributed by atoms with E-state index in [1.165, 1.54) is 0 Å². The maximum absolute atomic E-state index is 13.3. The number of para-hydroxylation sites is 1. The average molecular weight is 447 g/mol. The van der Waals surface area contributed by atoms with Gasteiger partial charge in [0.25, 0.3) is 0 Å². The number of carbonyl (C=O) groups is 2. The van der Waals surface area contributed by atoms with Crippen molar-refractivity contribution in [3.63, 3.8) is 0 Å². The van der Waals surface area contributed by atoms with Gasteiger partial charge in [0.05, 0.1) is 32.4 Å². The number of urea groups is 1. The molecule has 1 fully saturated rings. The van der Waals surface area contributed by atoms with Crippen LogP contribution in [-0.4, -0.2) is 93.8 Å². The number of ether oxygens (including phenoxy) is 3. The molecule has 2 amide bonds. The first kappa shape index (κ1) is 23.9. The summed E-state index contributed by atoms with van der Waals surface area (Å²) in [6, 6.07) is 4.47. The lowest BCUT2D eigenvalue weighted by Crippen LogP contribution is -2.52. The topological polar surface area (TPSA) is 83.6 Å². The van der Waals surface area contributed by atoms with Gasteiger partial charge >= 0.3 is 12.0 Å². The highest BCUT2D eigenvalue weighted by molar-refractivity contribution is 5.95. The van der Waals surface area contributed by atoms with E-state index in [-0.39, 0.29) is 12.6 Å². The summed E-state index contributed by atoms with van der Waals surface area (Å²) in [4.78, 5) is 32.6. The Labute approximate surface area is 189 Å². The highest BCUT2D eigenvalue weighted by Crippen LogP contribution is 2.40. The van der Waals surface area contributed by atoms with Gasteiger partial charge in [0, 0.05) is 50.5 Å². The van der Waals surface area contributed by atoms with Gasteiger partial charge in [-0.3, -0.25) is 9.80 Å². The number of hydrogen-bond acceptors (Lipinski definition) is 7. The van der Waals surface area contributed by atoms with Crippen LogP contribution in [0.15, 0.2) is 29.5 Å². The zero-order valence-electron chi connectivity index (χ0n) is 19.6. The molecule has 2 heterocycles. The Balaban J connectivity index is 2.13. The Morgan fingerprint density at radius 1 is 1.12 bits per heavy atom. The monoisotopic (exact) mass is 446 g/mol. The Kier molecular flexibility index (Phi) is 7.98. The lowest BCUT2D eigenvalue weighted by atomic mass is 9.93. The molecule has 1 atom stereocenters. The van der Waals surface area contributed by atoms with Crippen molar-refractivity contribution >= 4 is 12.0 Å². The van der Waals surface area contributed by atoms with Crippen LogP contribution in [0.4, 0.5) is 4.79 Å². The molecule has 0 aliphatic carbocycles. The molecule has 32 heavy (non-hydrogen) atoms. The molecule has 0 radical (unpaired) electrons. The van der Waals surface area contributed by atoms with Crippen molar-refractivity contribution in [2.45, 2.75) is 19.9 Å². The number of amides is 2. The first-order chi connectivity index (χ1) is 15.4. The van der Waals surface area contributed by atoms with Crippen LogP contribution in [-0.2, 0) is 9.53 Å². The van der Waals surface area contributed by atoms with Gasteiger partial charge in [0.15, 0.2) is 11.5 Å². The normalized spacial score (nSPS) is 20.2. The lowest BCUT2D eigenvalue weighted by Gasteiger charge is -2.40. The summed E-state index contributed by atoms with van der Waals surface area (Å²) < 4.78 is 16.5. The highest BCUT2D eigenvalue weighted by Gasteiger charge is 2.40. The van der Waals surface area contributed by atoms with E-state index in [1.807, 2.05) is 19.1 Å². The smallest absolute Gasteiger partial charge is 0.338 e. The molecular weight excluding hydrogens is 412 g/mol. The number of piperazine rings is 1. The van der Waals surface area contributed by atoms with Crippen molar-refractivity contribution < 1.29 is 23.8 Å². The van der Waals surface area contributed by atoms with Gasteiger partial charge in [-0.15, -0.1) is 0 Å². The number of benzene rings is 1. The molecule has 0 saturated carbocycles. The molecule has 0 aromatic heterocycles. The van der Waals surface area contributed by atoms with Crippen molar-refractivity contribution in [2.24, 2.45) is 0 Å². The van der Waals surface area contributed by atoms with E-state index >= 15 is 0 Å². The maximum atomic E-state index is 13.3. The summed E-state index contributed by atoms with van der Waals surface area (Å²) in [6.07, 6.45) is 0. The Morgan fingerprint density at radius 3 is 2.44 bits per heavy atom. The van der Waals surface area contributed by atoms with Crippen molar-refractivity contribution in [3.8, 4) is 11.5 Å². The van der Waals surface area contributed by atoms with Gasteiger partial charge in [-0.1, -0.05) is 12.1 Å². The Bertz CT molecular complexity index is 864. The number of nitrogens with one attached hydrogen (secondary N) is 1. The van der Waals surface area contributed by atoms with Gasteiger partial charge in [-0.25, -0.2) is 9.59 Å². The average Bonchev–Trinajstić information content (AvgIpc) is 2.79. The third-order valence-corrected chi connectivity index (χ3v) is 5.96. The van der Waals surface area contributed by atoms with Gasteiger partial charge in [-0.05, 0) is 27.0 Å². The van der Waals surface area contributed by atoms with Crippen LogP contribution in [0.5, 0.6) is 11.5 Å². The fourth-order valence-electron chi connectivity index (χ4n) is 4.25. The van der Waals surface area contributed by atoms with Crippen LogP contribution in [0, 0.1) is 0 Å². The van der Waals surface area contributed by atoms with Crippen molar-refractivity contribution in [2.75, 3.05) is 67.1 Å². The predicted octanol–water partition coefficient (Wildman–Crippen LogP) is 1.85. The number of rotatable bonds is 8. The molecule has 1 saturated heterocycles. The van der Waals surface area contributed by atoms with Gasteiger partial charge in [0.2, 0.25) is 0 Å². The third-order valence-electron chi connectivity index (χ3n) is 5.96. The molecule has 0 bridgehead atoms. The van der Waals surface area contributed by atoms with Crippen molar-refractivity contribution in [1.82, 2.24) is 20.0 Å². The van der Waals surface area contributed by atoms with E-state index in [0.717, 1.165) is 26.2 Å². The Morgan fingerprint density at radius 2 is 1.84 bits per heavy atom. The van der Waals surface area contributed by atoms with Gasteiger partial charge in [0.1, 0.15) is 0 Å². The van der Waals surface area contributed by atoms with E-state index in [0.29, 0.717) is 41.4 Å². The van der Waals surface area contributed by atoms with E-state index in [1.54, 1.807) is 32.1 Å². The SMILES string of the molecule is CCOC(=O)C1=C(CN2CCN(C)CC2)N(CC)C(=O)N[C@@H]1c1cccc(OC)c1OC. The summed E-state index contributed by atoms with van der Waals surface area (Å²) in [5.41, 5.74) is 1.75. The zero-order valence-corrected chi connectivity index (χ0v) is 19.6. The largest absolute Gasteiger partial charge is 0.493 e. The summed E-state index contributed by atoms with van der Waals surface area (Å²) in [5.74, 6) is 0.567. The Hall–Kier alpha value is -2.78. The molecule has 3 rings (SSSR count). The van der Waals surface area contributed by atoms with E-state index < -0.39 is 12.0 Å². The van der Waals surface area contributed by atoms with Crippen LogP contribution < -0.4 is 14.8 Å². The zero-order chi connectivity index (χ0) is 23.3. The maximum Gasteiger partial charge on any atom is 0.338 e. The molecule has 2 aliphatic rings. The molecule has 1 aromatic rings. The first-order valence-corrected chi connectivity index (χ1v) is 11.0. The third kappa shape index (κ3) is 4.83. The highest BCUT2D eigenvalue weighted by atomic mass is 16.5. The van der Waals surface area contributed by atoms with Crippen LogP contribution in [0.3, 0.4) is 0 Å². The quantitative estimate of drug-likeness (QED) is 0.610. The molecule has 9 nitrogen and oxygen atoms in total. The minimum atomic E-state index is -0.711. The van der Waals surface area contributed by atoms with Crippen LogP contribution in [0.1, 0.15) is 25.5 Å². The minimum absolute atomic E-state index is 0.242. The van der Waals surface area contributed by atoms with Crippen LogP contribution >= 0.6 is 0 Å². The van der Waals surface area contributed by atoms with Crippen LogP contribution in [0.2, 0.25) is 0 Å². The number of carbonyl (C=O) groups excluding carboxylic acids is 2. The standard InChI is InChI=1S/C23H34N4O5/c1-6-27-17(15-26-13-11-25(3)12-14-26)19(22(28)32-7-2)20(24-23(27)29)16-9-8-10-18(30-4)21(16)31-5/h8-10,20H,6-7,11-15H2,1-5H3,(H,24,29)/t20-/m1/s1. The summed E-state index contributed by atoms with van der Waals surface area (Å²) in [6.45, 7) is 8.46. The molecule has 2 aliphatic heterocycles. The van der Waals surface area contributed by atoms with E-state index in [2.05, 4.69) is 22.2 Å². The number of esters is 1. The molecule has 176 valence electrons.